The highest BCUT2D eigenvalue weighted by molar-refractivity contribution is 6.15. The molecule has 0 atom stereocenters. The standard InChI is InChI=1S/C18H14N2O3/c1-22-15-7-13-12-4-3-10-9-19-6-5-11(10)17(12)20-18(21)14(13)8-16(15)23-2/h3-9H,1-2H3,(H,20,21). The maximum atomic E-state index is 12.5. The smallest absolute Gasteiger partial charge is 0.256 e. The summed E-state index contributed by atoms with van der Waals surface area (Å²) in [4.78, 5) is 19.6. The van der Waals surface area contributed by atoms with E-state index in [9.17, 15) is 4.79 Å². The Bertz CT molecular complexity index is 1120. The summed E-state index contributed by atoms with van der Waals surface area (Å²) in [6.07, 6.45) is 3.50. The third kappa shape index (κ3) is 1.93. The van der Waals surface area contributed by atoms with Crippen molar-refractivity contribution in [3.8, 4) is 11.5 Å². The number of nitrogens with zero attached hydrogens (tertiary/aromatic N) is 1. The van der Waals surface area contributed by atoms with Crippen molar-refractivity contribution in [2.24, 2.45) is 0 Å². The molecule has 0 spiro atoms. The van der Waals surface area contributed by atoms with Crippen LogP contribution in [0.15, 0.2) is 47.5 Å². The van der Waals surface area contributed by atoms with Gasteiger partial charge >= 0.3 is 0 Å². The molecule has 2 aromatic heterocycles. The predicted octanol–water partition coefficient (Wildman–Crippen LogP) is 3.25. The maximum Gasteiger partial charge on any atom is 0.256 e. The van der Waals surface area contributed by atoms with Gasteiger partial charge in [0.25, 0.3) is 5.56 Å². The van der Waals surface area contributed by atoms with Crippen LogP contribution in [-0.4, -0.2) is 24.2 Å². The summed E-state index contributed by atoms with van der Waals surface area (Å²) in [7, 11) is 3.14. The van der Waals surface area contributed by atoms with Gasteiger partial charge in [0.1, 0.15) is 0 Å². The fraction of sp³-hybridized carbons (Fsp3) is 0.111. The Kier molecular flexibility index (Phi) is 2.94. The van der Waals surface area contributed by atoms with Crippen molar-refractivity contribution in [3.63, 3.8) is 0 Å². The number of nitrogens with one attached hydrogen (secondary N) is 1. The van der Waals surface area contributed by atoms with Crippen LogP contribution in [0.4, 0.5) is 0 Å². The van der Waals surface area contributed by atoms with Crippen molar-refractivity contribution in [1.29, 1.82) is 0 Å². The summed E-state index contributed by atoms with van der Waals surface area (Å²) in [5.41, 5.74) is 0.646. The second-order valence-corrected chi connectivity index (χ2v) is 5.29. The van der Waals surface area contributed by atoms with Crippen molar-refractivity contribution >= 4 is 32.4 Å². The van der Waals surface area contributed by atoms with Gasteiger partial charge in [0.05, 0.1) is 25.1 Å². The molecule has 0 bridgehead atoms. The molecule has 1 N–H and O–H groups in total. The minimum Gasteiger partial charge on any atom is -0.493 e. The monoisotopic (exact) mass is 306 g/mol. The van der Waals surface area contributed by atoms with Crippen molar-refractivity contribution in [1.82, 2.24) is 9.97 Å². The van der Waals surface area contributed by atoms with E-state index in [2.05, 4.69) is 9.97 Å². The molecule has 0 aliphatic carbocycles. The van der Waals surface area contributed by atoms with E-state index < -0.39 is 0 Å². The molecule has 5 nitrogen and oxygen atoms in total. The first-order valence-corrected chi connectivity index (χ1v) is 7.17. The lowest BCUT2D eigenvalue weighted by molar-refractivity contribution is 0.356. The lowest BCUT2D eigenvalue weighted by atomic mass is 10.0. The van der Waals surface area contributed by atoms with E-state index in [1.54, 1.807) is 32.7 Å². The van der Waals surface area contributed by atoms with Crippen LogP contribution in [0.3, 0.4) is 0 Å². The molecule has 23 heavy (non-hydrogen) atoms. The van der Waals surface area contributed by atoms with E-state index in [0.29, 0.717) is 16.9 Å². The van der Waals surface area contributed by atoms with Crippen LogP contribution in [0.1, 0.15) is 0 Å². The van der Waals surface area contributed by atoms with Crippen molar-refractivity contribution in [3.05, 3.63) is 53.1 Å². The fourth-order valence-corrected chi connectivity index (χ4v) is 3.00. The Balaban J connectivity index is 2.24. The molecule has 4 rings (SSSR count). The molecule has 0 aliphatic rings. The molecule has 0 saturated heterocycles. The van der Waals surface area contributed by atoms with Gasteiger partial charge in [-0.2, -0.15) is 0 Å². The fourth-order valence-electron chi connectivity index (χ4n) is 3.00. The first-order valence-electron chi connectivity index (χ1n) is 7.17. The van der Waals surface area contributed by atoms with Crippen LogP contribution >= 0.6 is 0 Å². The van der Waals surface area contributed by atoms with Gasteiger partial charge in [-0.15, -0.1) is 0 Å². The maximum absolute atomic E-state index is 12.5. The predicted molar refractivity (Wildman–Crippen MR) is 90.5 cm³/mol. The quantitative estimate of drug-likeness (QED) is 0.577. The van der Waals surface area contributed by atoms with E-state index in [0.717, 1.165) is 27.1 Å². The average Bonchev–Trinajstić information content (AvgIpc) is 2.60. The highest BCUT2D eigenvalue weighted by atomic mass is 16.5. The molecular formula is C18H14N2O3. The minimum atomic E-state index is -0.155. The second kappa shape index (κ2) is 4.98. The molecule has 0 fully saturated rings. The molecule has 114 valence electrons. The number of ether oxygens (including phenoxy) is 2. The first kappa shape index (κ1) is 13.6. The Morgan fingerprint density at radius 3 is 2.39 bits per heavy atom. The highest BCUT2D eigenvalue weighted by Crippen LogP contribution is 2.35. The van der Waals surface area contributed by atoms with Gasteiger partial charge in [-0.25, -0.2) is 0 Å². The summed E-state index contributed by atoms with van der Waals surface area (Å²) in [5.74, 6) is 1.14. The van der Waals surface area contributed by atoms with E-state index in [-0.39, 0.29) is 5.56 Å². The molecule has 0 radical (unpaired) electrons. The summed E-state index contributed by atoms with van der Waals surface area (Å²) in [6, 6.07) is 9.45. The van der Waals surface area contributed by atoms with Crippen LogP contribution in [0.2, 0.25) is 0 Å². The molecule has 4 aromatic rings. The van der Waals surface area contributed by atoms with Crippen molar-refractivity contribution in [2.75, 3.05) is 14.2 Å². The Morgan fingerprint density at radius 1 is 0.913 bits per heavy atom. The average molecular weight is 306 g/mol. The lowest BCUT2D eigenvalue weighted by Crippen LogP contribution is -2.07. The van der Waals surface area contributed by atoms with Gasteiger partial charge in [-0.3, -0.25) is 9.78 Å². The lowest BCUT2D eigenvalue weighted by Gasteiger charge is -2.11. The highest BCUT2D eigenvalue weighted by Gasteiger charge is 2.13. The van der Waals surface area contributed by atoms with Gasteiger partial charge < -0.3 is 14.5 Å². The number of benzene rings is 2. The third-order valence-corrected chi connectivity index (χ3v) is 4.12. The minimum absolute atomic E-state index is 0.155. The van der Waals surface area contributed by atoms with Crippen LogP contribution in [-0.2, 0) is 0 Å². The van der Waals surface area contributed by atoms with E-state index in [1.165, 1.54) is 0 Å². The molecule has 0 saturated carbocycles. The molecule has 0 aliphatic heterocycles. The molecule has 2 heterocycles. The number of methoxy groups -OCH3 is 2. The third-order valence-electron chi connectivity index (χ3n) is 4.12. The van der Waals surface area contributed by atoms with Gasteiger partial charge in [0, 0.05) is 33.9 Å². The first-order chi connectivity index (χ1) is 11.2. The number of fused-ring (bicyclic) bond motifs is 5. The van der Waals surface area contributed by atoms with E-state index in [4.69, 9.17) is 9.47 Å². The van der Waals surface area contributed by atoms with Gasteiger partial charge in [-0.1, -0.05) is 12.1 Å². The normalized spacial score (nSPS) is 11.2. The summed E-state index contributed by atoms with van der Waals surface area (Å²) in [6.45, 7) is 0. The number of H-pyrrole nitrogens is 1. The molecule has 0 amide bonds. The summed E-state index contributed by atoms with van der Waals surface area (Å²) in [5, 5.41) is 4.31. The molecule has 5 heteroatoms. The number of aromatic amines is 1. The van der Waals surface area contributed by atoms with Crippen molar-refractivity contribution in [2.45, 2.75) is 0 Å². The Hall–Kier alpha value is -3.08. The number of pyridine rings is 2. The molecular weight excluding hydrogens is 292 g/mol. The number of rotatable bonds is 2. The largest absolute Gasteiger partial charge is 0.493 e. The zero-order valence-corrected chi connectivity index (χ0v) is 12.7. The van der Waals surface area contributed by atoms with E-state index in [1.807, 2.05) is 24.3 Å². The summed E-state index contributed by atoms with van der Waals surface area (Å²) >= 11 is 0. The Labute approximate surface area is 131 Å². The van der Waals surface area contributed by atoms with E-state index >= 15 is 0 Å². The zero-order chi connectivity index (χ0) is 16.0. The molecule has 2 aromatic carbocycles. The van der Waals surface area contributed by atoms with Crippen LogP contribution in [0.25, 0.3) is 32.4 Å². The summed E-state index contributed by atoms with van der Waals surface area (Å²) < 4.78 is 10.7. The van der Waals surface area contributed by atoms with Crippen molar-refractivity contribution < 1.29 is 9.47 Å². The van der Waals surface area contributed by atoms with Crippen LogP contribution in [0.5, 0.6) is 11.5 Å². The SMILES string of the molecule is COc1cc2c(=O)[nH]c3c4ccncc4ccc3c2cc1OC. The Morgan fingerprint density at radius 2 is 1.65 bits per heavy atom. The number of hydrogen-bond acceptors (Lipinski definition) is 4. The van der Waals surface area contributed by atoms with Gasteiger partial charge in [0.15, 0.2) is 11.5 Å². The second-order valence-electron chi connectivity index (χ2n) is 5.29. The molecule has 0 unspecified atom stereocenters. The van der Waals surface area contributed by atoms with Crippen LogP contribution in [0, 0.1) is 0 Å². The van der Waals surface area contributed by atoms with Crippen LogP contribution < -0.4 is 15.0 Å². The number of aromatic nitrogens is 2. The zero-order valence-electron chi connectivity index (χ0n) is 12.7. The number of hydrogen-bond donors (Lipinski definition) is 1. The van der Waals surface area contributed by atoms with Gasteiger partial charge in [0.2, 0.25) is 0 Å². The van der Waals surface area contributed by atoms with Gasteiger partial charge in [-0.05, 0) is 18.2 Å². The topological polar surface area (TPSA) is 64.2 Å².